The number of carbonyl (C=O) groups is 2. The molecule has 3 aromatic rings. The second kappa shape index (κ2) is 10.3. The molecule has 0 saturated carbocycles. The van der Waals surface area contributed by atoms with E-state index in [4.69, 9.17) is 4.74 Å². The van der Waals surface area contributed by atoms with Crippen molar-refractivity contribution in [1.29, 1.82) is 0 Å². The molecule has 0 bridgehead atoms. The number of nitrogens with zero attached hydrogens (tertiary/aromatic N) is 2. The van der Waals surface area contributed by atoms with E-state index in [0.717, 1.165) is 6.07 Å². The summed E-state index contributed by atoms with van der Waals surface area (Å²) in [5, 5.41) is 0. The number of pyridine rings is 1. The maximum absolute atomic E-state index is 14.7. The molecule has 33 heavy (non-hydrogen) atoms. The highest BCUT2D eigenvalue weighted by Gasteiger charge is 2.17. The molecule has 0 unspecified atom stereocenters. The van der Waals surface area contributed by atoms with Crippen LogP contribution in [-0.4, -0.2) is 30.8 Å². The van der Waals surface area contributed by atoms with Gasteiger partial charge in [0.2, 0.25) is 17.8 Å². The normalized spacial score (nSPS) is 10.7. The lowest BCUT2D eigenvalue weighted by Gasteiger charge is -2.18. The quantitative estimate of drug-likeness (QED) is 0.338. The van der Waals surface area contributed by atoms with Gasteiger partial charge in [-0.05, 0) is 53.9 Å². The number of Topliss-reactive ketones (excluding diaryl/α,β-unsaturated/α-hetero) is 1. The Morgan fingerprint density at radius 2 is 1.70 bits per heavy atom. The Labute approximate surface area is 189 Å². The van der Waals surface area contributed by atoms with Gasteiger partial charge < -0.3 is 9.64 Å². The average molecular weight is 456 g/mol. The minimum atomic E-state index is -0.943. The highest BCUT2D eigenvalue weighted by atomic mass is 19.1. The fourth-order valence-corrected chi connectivity index (χ4v) is 3.44. The molecule has 1 aromatic heterocycles. The van der Waals surface area contributed by atoms with Gasteiger partial charge in [0.05, 0.1) is 18.4 Å². The number of ketones is 1. The van der Waals surface area contributed by atoms with Crippen molar-refractivity contribution in [2.45, 2.75) is 26.2 Å². The molecule has 1 amide bonds. The van der Waals surface area contributed by atoms with Crippen LogP contribution in [0.1, 0.15) is 35.7 Å². The molecule has 0 spiro atoms. The van der Waals surface area contributed by atoms with Gasteiger partial charge in [0.25, 0.3) is 0 Å². The number of aromatic nitrogens is 1. The van der Waals surface area contributed by atoms with Crippen molar-refractivity contribution in [2.24, 2.45) is 0 Å². The van der Waals surface area contributed by atoms with Crippen molar-refractivity contribution in [3.05, 3.63) is 77.4 Å². The number of carbonyl (C=O) groups excluding carboxylic acids is 2. The topological polar surface area (TPSA) is 59.5 Å². The van der Waals surface area contributed by atoms with E-state index in [1.165, 1.54) is 37.3 Å². The first-order valence-corrected chi connectivity index (χ1v) is 10.3. The minimum Gasteiger partial charge on any atom is -0.496 e. The number of amides is 1. The number of aryl methyl sites for hydroxylation is 1. The number of rotatable bonds is 8. The van der Waals surface area contributed by atoms with E-state index in [9.17, 15) is 22.8 Å². The summed E-state index contributed by atoms with van der Waals surface area (Å²) in [6.45, 7) is 1.70. The van der Waals surface area contributed by atoms with Crippen LogP contribution in [-0.2, 0) is 11.2 Å². The molecule has 0 fully saturated rings. The number of hydrogen-bond acceptors (Lipinski definition) is 4. The summed E-state index contributed by atoms with van der Waals surface area (Å²) >= 11 is 0. The SMILES string of the molecule is CCC(=O)N(C)c1ccc(-c2ccc(C(=O)CCc3ccc(F)nc3F)c(OC)c2)cc1F. The van der Waals surface area contributed by atoms with Gasteiger partial charge >= 0.3 is 0 Å². The van der Waals surface area contributed by atoms with Crippen LogP contribution in [0.15, 0.2) is 48.5 Å². The van der Waals surface area contributed by atoms with Crippen LogP contribution in [0.5, 0.6) is 5.75 Å². The zero-order valence-electron chi connectivity index (χ0n) is 18.5. The standard InChI is InChI=1S/C25H23F3N2O3/c1-4-24(32)30(2)20-10-6-16(13-19(20)26)17-5-9-18(22(14-17)33-3)21(31)11-7-15-8-12-23(27)29-25(15)28/h5-6,8-10,12-14H,4,7,11H2,1-3H3. The molecule has 1 heterocycles. The van der Waals surface area contributed by atoms with Crippen molar-refractivity contribution < 1.29 is 27.5 Å². The van der Waals surface area contributed by atoms with Crippen LogP contribution in [0.2, 0.25) is 0 Å². The van der Waals surface area contributed by atoms with E-state index in [0.29, 0.717) is 16.7 Å². The third-order valence-electron chi connectivity index (χ3n) is 5.33. The van der Waals surface area contributed by atoms with Crippen LogP contribution in [0.3, 0.4) is 0 Å². The molecule has 8 heteroatoms. The Morgan fingerprint density at radius 3 is 2.33 bits per heavy atom. The molecule has 3 rings (SSSR count). The molecule has 0 aliphatic carbocycles. The van der Waals surface area contributed by atoms with Crippen molar-refractivity contribution in [3.63, 3.8) is 0 Å². The first-order chi connectivity index (χ1) is 15.7. The third kappa shape index (κ3) is 5.39. The zero-order chi connectivity index (χ0) is 24.1. The highest BCUT2D eigenvalue weighted by Crippen LogP contribution is 2.31. The Kier molecular flexibility index (Phi) is 7.48. The third-order valence-corrected chi connectivity index (χ3v) is 5.33. The van der Waals surface area contributed by atoms with Gasteiger partial charge in [0.15, 0.2) is 5.78 Å². The van der Waals surface area contributed by atoms with E-state index in [1.807, 2.05) is 0 Å². The Morgan fingerprint density at radius 1 is 1.00 bits per heavy atom. The average Bonchev–Trinajstić information content (AvgIpc) is 2.81. The predicted molar refractivity (Wildman–Crippen MR) is 119 cm³/mol. The van der Waals surface area contributed by atoms with Gasteiger partial charge in [-0.25, -0.2) is 4.39 Å². The van der Waals surface area contributed by atoms with Crippen molar-refractivity contribution in [3.8, 4) is 16.9 Å². The maximum Gasteiger partial charge on any atom is 0.226 e. The predicted octanol–water partition coefficient (Wildman–Crippen LogP) is 5.36. The highest BCUT2D eigenvalue weighted by molar-refractivity contribution is 5.99. The lowest BCUT2D eigenvalue weighted by Crippen LogP contribution is -2.25. The molecule has 0 N–H and O–H groups in total. The Hall–Kier alpha value is -3.68. The lowest BCUT2D eigenvalue weighted by molar-refractivity contribution is -0.118. The van der Waals surface area contributed by atoms with Crippen molar-refractivity contribution in [2.75, 3.05) is 19.1 Å². The van der Waals surface area contributed by atoms with Gasteiger partial charge in [0, 0.05) is 25.5 Å². The maximum atomic E-state index is 14.7. The molecule has 0 aliphatic heterocycles. The summed E-state index contributed by atoms with van der Waals surface area (Å²) in [7, 11) is 2.93. The number of anilines is 1. The van der Waals surface area contributed by atoms with Crippen molar-refractivity contribution in [1.82, 2.24) is 4.98 Å². The minimum absolute atomic E-state index is 0.0267. The molecule has 0 radical (unpaired) electrons. The van der Waals surface area contributed by atoms with Gasteiger partial charge in [-0.15, -0.1) is 0 Å². The first-order valence-electron chi connectivity index (χ1n) is 10.3. The summed E-state index contributed by atoms with van der Waals surface area (Å²) in [5.41, 5.74) is 1.77. The molecule has 0 aliphatic rings. The summed E-state index contributed by atoms with van der Waals surface area (Å²) in [5.74, 6) is -2.62. The van der Waals surface area contributed by atoms with Gasteiger partial charge in [-0.2, -0.15) is 13.8 Å². The van der Waals surface area contributed by atoms with E-state index < -0.39 is 17.7 Å². The molecule has 172 valence electrons. The second-order valence-electron chi connectivity index (χ2n) is 7.39. The summed E-state index contributed by atoms with van der Waals surface area (Å²) < 4.78 is 46.7. The number of benzene rings is 2. The van der Waals surface area contributed by atoms with E-state index >= 15 is 0 Å². The van der Waals surface area contributed by atoms with E-state index in [1.54, 1.807) is 31.2 Å². The number of ether oxygens (including phenoxy) is 1. The summed E-state index contributed by atoms with van der Waals surface area (Å²) in [6.07, 6.45) is 0.287. The molecular weight excluding hydrogens is 433 g/mol. The van der Waals surface area contributed by atoms with E-state index in [-0.39, 0.29) is 48.0 Å². The fourth-order valence-electron chi connectivity index (χ4n) is 3.44. The van der Waals surface area contributed by atoms with Crippen LogP contribution >= 0.6 is 0 Å². The van der Waals surface area contributed by atoms with Crippen LogP contribution < -0.4 is 9.64 Å². The summed E-state index contributed by atoms with van der Waals surface area (Å²) in [6, 6.07) is 11.7. The second-order valence-corrected chi connectivity index (χ2v) is 7.39. The zero-order valence-corrected chi connectivity index (χ0v) is 18.5. The monoisotopic (exact) mass is 456 g/mol. The summed E-state index contributed by atoms with van der Waals surface area (Å²) in [4.78, 5) is 28.9. The van der Waals surface area contributed by atoms with Gasteiger partial charge in [-0.3, -0.25) is 9.59 Å². The molecular formula is C25H23F3N2O3. The van der Waals surface area contributed by atoms with Crippen LogP contribution in [0, 0.1) is 17.7 Å². The largest absolute Gasteiger partial charge is 0.496 e. The first kappa shape index (κ1) is 24.0. The molecule has 0 saturated heterocycles. The van der Waals surface area contributed by atoms with Crippen LogP contribution in [0.4, 0.5) is 18.9 Å². The van der Waals surface area contributed by atoms with Crippen molar-refractivity contribution >= 4 is 17.4 Å². The number of methoxy groups -OCH3 is 1. The number of halogens is 3. The Balaban J connectivity index is 1.81. The number of hydrogen-bond donors (Lipinski definition) is 0. The fraction of sp³-hybridized carbons (Fsp3) is 0.240. The van der Waals surface area contributed by atoms with Crippen LogP contribution in [0.25, 0.3) is 11.1 Å². The van der Waals surface area contributed by atoms with Gasteiger partial charge in [-0.1, -0.05) is 19.1 Å². The van der Waals surface area contributed by atoms with E-state index in [2.05, 4.69) is 4.98 Å². The van der Waals surface area contributed by atoms with Gasteiger partial charge in [0.1, 0.15) is 11.6 Å². The molecule has 5 nitrogen and oxygen atoms in total. The smallest absolute Gasteiger partial charge is 0.226 e. The molecule has 0 atom stereocenters. The molecule has 2 aromatic carbocycles. The Bertz CT molecular complexity index is 1200. The lowest BCUT2D eigenvalue weighted by atomic mass is 9.98.